The summed E-state index contributed by atoms with van der Waals surface area (Å²) in [6, 6.07) is 10.9. The molecule has 0 aliphatic heterocycles. The predicted molar refractivity (Wildman–Crippen MR) is 115 cm³/mol. The van der Waals surface area contributed by atoms with Crippen LogP contribution in [0.2, 0.25) is 4.34 Å². The van der Waals surface area contributed by atoms with E-state index in [0.717, 1.165) is 29.1 Å². The Balaban J connectivity index is 1.83. The summed E-state index contributed by atoms with van der Waals surface area (Å²) in [6.07, 6.45) is 0.778. The van der Waals surface area contributed by atoms with Crippen LogP contribution in [0.4, 0.5) is 0 Å². The maximum Gasteiger partial charge on any atom is 0.250 e. The zero-order valence-electron chi connectivity index (χ0n) is 15.9. The van der Waals surface area contributed by atoms with Crippen molar-refractivity contribution in [2.24, 2.45) is 4.99 Å². The van der Waals surface area contributed by atoms with E-state index in [2.05, 4.69) is 20.3 Å². The van der Waals surface area contributed by atoms with Crippen LogP contribution in [-0.2, 0) is 16.4 Å². The van der Waals surface area contributed by atoms with Gasteiger partial charge in [-0.05, 0) is 37.1 Å². The van der Waals surface area contributed by atoms with Gasteiger partial charge in [0.2, 0.25) is 10.0 Å². The van der Waals surface area contributed by atoms with Gasteiger partial charge in [0, 0.05) is 19.6 Å². The third-order valence-electron chi connectivity index (χ3n) is 3.71. The average molecular weight is 445 g/mol. The number of guanidine groups is 1. The first-order valence-corrected chi connectivity index (χ1v) is 11.5. The topological polar surface area (TPSA) is 91.8 Å². The fraction of sp³-hybridized carbons (Fsp3) is 0.389. The molecule has 0 atom stereocenters. The first-order valence-electron chi connectivity index (χ1n) is 8.85. The van der Waals surface area contributed by atoms with E-state index in [0.29, 0.717) is 29.9 Å². The van der Waals surface area contributed by atoms with Crippen LogP contribution in [0.1, 0.15) is 12.5 Å². The Morgan fingerprint density at radius 3 is 2.64 bits per heavy atom. The Labute approximate surface area is 175 Å². The highest BCUT2D eigenvalue weighted by molar-refractivity contribution is 7.91. The van der Waals surface area contributed by atoms with Gasteiger partial charge < -0.3 is 15.4 Å². The van der Waals surface area contributed by atoms with Gasteiger partial charge in [-0.3, -0.25) is 4.99 Å². The molecule has 3 N–H and O–H groups in total. The molecule has 2 rings (SSSR count). The molecule has 2 aromatic rings. The van der Waals surface area contributed by atoms with E-state index in [1.165, 1.54) is 6.07 Å². The summed E-state index contributed by atoms with van der Waals surface area (Å²) in [4.78, 5) is 4.40. The molecule has 154 valence electrons. The number of halogens is 1. The molecule has 0 saturated carbocycles. The Bertz CT molecular complexity index is 884. The number of nitrogens with one attached hydrogen (secondary N) is 3. The van der Waals surface area contributed by atoms with Crippen molar-refractivity contribution in [3.8, 4) is 5.75 Å². The summed E-state index contributed by atoms with van der Waals surface area (Å²) in [7, 11) is -1.89. The number of hydrogen-bond acceptors (Lipinski definition) is 5. The van der Waals surface area contributed by atoms with Crippen LogP contribution in [0, 0.1) is 0 Å². The third-order valence-corrected chi connectivity index (χ3v) is 6.89. The minimum atomic E-state index is -3.55. The van der Waals surface area contributed by atoms with Gasteiger partial charge in [0.1, 0.15) is 9.96 Å². The summed E-state index contributed by atoms with van der Waals surface area (Å²) >= 11 is 6.82. The van der Waals surface area contributed by atoms with Crippen LogP contribution < -0.4 is 20.1 Å². The highest BCUT2D eigenvalue weighted by atomic mass is 35.5. The number of hydrogen-bond donors (Lipinski definition) is 3. The minimum absolute atomic E-state index is 0.195. The third kappa shape index (κ3) is 6.97. The Morgan fingerprint density at radius 1 is 1.18 bits per heavy atom. The number of thiophene rings is 1. The number of sulfonamides is 1. The van der Waals surface area contributed by atoms with E-state index in [1.807, 2.05) is 31.2 Å². The van der Waals surface area contributed by atoms with Crippen LogP contribution in [0.25, 0.3) is 0 Å². The van der Waals surface area contributed by atoms with Crippen molar-refractivity contribution < 1.29 is 13.2 Å². The molecule has 28 heavy (non-hydrogen) atoms. The zero-order valence-corrected chi connectivity index (χ0v) is 18.3. The lowest BCUT2D eigenvalue weighted by atomic mass is 10.1. The second-order valence-electron chi connectivity index (χ2n) is 5.71. The Morgan fingerprint density at radius 2 is 1.96 bits per heavy atom. The molecular formula is C18H25ClN4O3S2. The molecular weight excluding hydrogens is 420 g/mol. The number of nitrogens with zero attached hydrogens (tertiary/aromatic N) is 1. The molecule has 1 heterocycles. The van der Waals surface area contributed by atoms with Crippen LogP contribution in [-0.4, -0.2) is 47.7 Å². The lowest BCUT2D eigenvalue weighted by molar-refractivity contribution is 0.409. The summed E-state index contributed by atoms with van der Waals surface area (Å²) in [5.74, 6) is 1.49. The van der Waals surface area contributed by atoms with Crippen molar-refractivity contribution >= 4 is 38.9 Å². The summed E-state index contributed by atoms with van der Waals surface area (Å²) in [5.41, 5.74) is 1.11. The lowest BCUT2D eigenvalue weighted by Crippen LogP contribution is -2.39. The minimum Gasteiger partial charge on any atom is -0.496 e. The predicted octanol–water partition coefficient (Wildman–Crippen LogP) is 2.49. The van der Waals surface area contributed by atoms with Crippen molar-refractivity contribution in [1.29, 1.82) is 0 Å². The molecule has 0 amide bonds. The van der Waals surface area contributed by atoms with E-state index >= 15 is 0 Å². The first kappa shape index (κ1) is 22.5. The molecule has 0 bridgehead atoms. The molecule has 0 spiro atoms. The summed E-state index contributed by atoms with van der Waals surface area (Å²) in [5, 5.41) is 6.39. The highest BCUT2D eigenvalue weighted by Crippen LogP contribution is 2.25. The number of methoxy groups -OCH3 is 1. The van der Waals surface area contributed by atoms with Crippen LogP contribution in [0.3, 0.4) is 0 Å². The quantitative estimate of drug-likeness (QED) is 0.297. The summed E-state index contributed by atoms with van der Waals surface area (Å²) < 4.78 is 32.8. The SMILES string of the molecule is CCNC(=NCCNS(=O)(=O)c1ccc(Cl)s1)NCCc1ccccc1OC. The standard InChI is InChI=1S/C18H25ClN4O3S2/c1-3-20-18(21-11-10-14-6-4-5-7-15(14)26-2)22-12-13-23-28(24,25)17-9-8-16(19)27-17/h4-9,23H,3,10-13H2,1-2H3,(H2,20,21,22). The van der Waals surface area contributed by atoms with Crippen molar-refractivity contribution in [1.82, 2.24) is 15.4 Å². The van der Waals surface area contributed by atoms with E-state index in [-0.39, 0.29) is 10.8 Å². The van der Waals surface area contributed by atoms with E-state index in [4.69, 9.17) is 16.3 Å². The molecule has 0 saturated heterocycles. The van der Waals surface area contributed by atoms with Gasteiger partial charge in [0.15, 0.2) is 5.96 Å². The van der Waals surface area contributed by atoms with Crippen molar-refractivity contribution in [3.05, 3.63) is 46.3 Å². The number of rotatable bonds is 10. The normalized spacial score (nSPS) is 12.0. The smallest absolute Gasteiger partial charge is 0.250 e. The zero-order chi connectivity index (χ0) is 20.4. The molecule has 1 aromatic heterocycles. The van der Waals surface area contributed by atoms with Gasteiger partial charge in [-0.15, -0.1) is 11.3 Å². The fourth-order valence-corrected chi connectivity index (χ4v) is 4.98. The van der Waals surface area contributed by atoms with E-state index < -0.39 is 10.0 Å². The largest absolute Gasteiger partial charge is 0.496 e. The fourth-order valence-electron chi connectivity index (χ4n) is 2.43. The van der Waals surface area contributed by atoms with Crippen LogP contribution >= 0.6 is 22.9 Å². The average Bonchev–Trinajstić information content (AvgIpc) is 3.13. The van der Waals surface area contributed by atoms with Crippen molar-refractivity contribution in [2.45, 2.75) is 17.6 Å². The number of benzene rings is 1. The van der Waals surface area contributed by atoms with Crippen molar-refractivity contribution in [2.75, 3.05) is 33.3 Å². The molecule has 10 heteroatoms. The molecule has 0 aliphatic carbocycles. The van der Waals surface area contributed by atoms with Gasteiger partial charge >= 0.3 is 0 Å². The van der Waals surface area contributed by atoms with Crippen LogP contribution in [0.5, 0.6) is 5.75 Å². The Hall–Kier alpha value is -1.81. The van der Waals surface area contributed by atoms with Gasteiger partial charge in [-0.2, -0.15) is 0 Å². The van der Waals surface area contributed by atoms with Gasteiger partial charge in [0.05, 0.1) is 18.0 Å². The second kappa shape index (κ2) is 11.3. The molecule has 0 fully saturated rings. The lowest BCUT2D eigenvalue weighted by Gasteiger charge is -2.13. The van der Waals surface area contributed by atoms with Crippen LogP contribution in [0.15, 0.2) is 45.6 Å². The van der Waals surface area contributed by atoms with Gasteiger partial charge in [-0.25, -0.2) is 13.1 Å². The summed E-state index contributed by atoms with van der Waals surface area (Å²) in [6.45, 7) is 3.86. The van der Waals surface area contributed by atoms with Gasteiger partial charge in [0.25, 0.3) is 0 Å². The first-order chi connectivity index (χ1) is 13.5. The maximum absolute atomic E-state index is 12.2. The van der Waals surface area contributed by atoms with E-state index in [1.54, 1.807) is 13.2 Å². The molecule has 1 aromatic carbocycles. The number of aliphatic imine (C=N–C) groups is 1. The molecule has 0 radical (unpaired) electrons. The van der Waals surface area contributed by atoms with Crippen molar-refractivity contribution in [3.63, 3.8) is 0 Å². The maximum atomic E-state index is 12.2. The number of para-hydroxylation sites is 1. The van der Waals surface area contributed by atoms with E-state index in [9.17, 15) is 8.42 Å². The molecule has 0 aliphatic rings. The highest BCUT2D eigenvalue weighted by Gasteiger charge is 2.15. The molecule has 0 unspecified atom stereocenters. The number of ether oxygens (including phenoxy) is 1. The molecule has 7 nitrogen and oxygen atoms in total. The second-order valence-corrected chi connectivity index (χ2v) is 9.41. The Kier molecular flexibility index (Phi) is 9.04. The van der Waals surface area contributed by atoms with Gasteiger partial charge in [-0.1, -0.05) is 29.8 Å². The monoisotopic (exact) mass is 444 g/mol.